The molecule has 3 heterocycles. The molecular formula is C25H22N8O2. The van der Waals surface area contributed by atoms with Gasteiger partial charge in [-0.15, -0.1) is 0 Å². The maximum Gasteiger partial charge on any atom is 0.184 e. The molecule has 0 spiro atoms. The van der Waals surface area contributed by atoms with Crippen LogP contribution in [0.5, 0.6) is 5.75 Å². The number of rotatable bonds is 8. The number of hydrogen-bond donors (Lipinski definition) is 2. The lowest BCUT2D eigenvalue weighted by molar-refractivity contribution is 0.0968. The summed E-state index contributed by atoms with van der Waals surface area (Å²) < 4.78 is 7.34. The summed E-state index contributed by atoms with van der Waals surface area (Å²) in [5.74, 6) is 2.11. The summed E-state index contributed by atoms with van der Waals surface area (Å²) in [5, 5.41) is 20.0. The number of hydrogen-bond acceptors (Lipinski definition) is 9. The monoisotopic (exact) mass is 466 g/mol. The van der Waals surface area contributed by atoms with Gasteiger partial charge >= 0.3 is 0 Å². The van der Waals surface area contributed by atoms with E-state index in [2.05, 4.69) is 36.8 Å². The average molecular weight is 467 g/mol. The molecule has 4 aromatic rings. The zero-order valence-corrected chi connectivity index (χ0v) is 19.2. The van der Waals surface area contributed by atoms with Crippen molar-refractivity contribution in [1.82, 2.24) is 24.7 Å². The highest BCUT2D eigenvalue weighted by molar-refractivity contribution is 6.04. The number of Topliss-reactive ketones (excluding diaryl/α,β-unsaturated/α-hetero) is 1. The van der Waals surface area contributed by atoms with Crippen LogP contribution in [-0.2, 0) is 7.05 Å². The number of anilines is 4. The Morgan fingerprint density at radius 3 is 2.66 bits per heavy atom. The number of benzene rings is 1. The largest absolute Gasteiger partial charge is 0.494 e. The van der Waals surface area contributed by atoms with E-state index in [1.807, 2.05) is 18.2 Å². The second kappa shape index (κ2) is 9.23. The molecule has 0 radical (unpaired) electrons. The number of nitrogens with one attached hydrogen (secondary N) is 2. The maximum atomic E-state index is 13.0. The van der Waals surface area contributed by atoms with Crippen molar-refractivity contribution in [3.8, 4) is 23.2 Å². The fourth-order valence-corrected chi connectivity index (χ4v) is 3.73. The third-order valence-electron chi connectivity index (χ3n) is 5.59. The highest BCUT2D eigenvalue weighted by Crippen LogP contribution is 2.39. The number of ether oxygens (including phenoxy) is 1. The first-order valence-corrected chi connectivity index (χ1v) is 11.0. The second-order valence-electron chi connectivity index (χ2n) is 8.17. The maximum absolute atomic E-state index is 13.0. The quantitative estimate of drug-likeness (QED) is 0.366. The first-order chi connectivity index (χ1) is 17.1. The van der Waals surface area contributed by atoms with Crippen LogP contribution in [0.3, 0.4) is 0 Å². The average Bonchev–Trinajstić information content (AvgIpc) is 3.64. The molecule has 35 heavy (non-hydrogen) atoms. The van der Waals surface area contributed by atoms with Gasteiger partial charge in [0, 0.05) is 31.4 Å². The van der Waals surface area contributed by atoms with Gasteiger partial charge in [0.05, 0.1) is 41.2 Å². The number of carbonyl (C=O) groups excluding carboxylic acids is 1. The minimum absolute atomic E-state index is 0.0242. The summed E-state index contributed by atoms with van der Waals surface area (Å²) in [6.45, 7) is 0. The van der Waals surface area contributed by atoms with Gasteiger partial charge in [-0.05, 0) is 37.1 Å². The lowest BCUT2D eigenvalue weighted by Gasteiger charge is -2.17. The van der Waals surface area contributed by atoms with E-state index in [0.29, 0.717) is 45.7 Å². The highest BCUT2D eigenvalue weighted by Gasteiger charge is 2.32. The molecule has 10 nitrogen and oxygen atoms in total. The second-order valence-corrected chi connectivity index (χ2v) is 8.17. The minimum Gasteiger partial charge on any atom is -0.494 e. The number of aromatic nitrogens is 5. The molecule has 0 saturated heterocycles. The number of methoxy groups -OCH3 is 1. The summed E-state index contributed by atoms with van der Waals surface area (Å²) in [6, 6.07) is 12.7. The Labute approximate surface area is 201 Å². The minimum atomic E-state index is 0.0242. The van der Waals surface area contributed by atoms with Crippen LogP contribution >= 0.6 is 0 Å². The highest BCUT2D eigenvalue weighted by atomic mass is 16.5. The van der Waals surface area contributed by atoms with E-state index in [-0.39, 0.29) is 11.7 Å². The van der Waals surface area contributed by atoms with Crippen molar-refractivity contribution in [3.05, 3.63) is 66.2 Å². The number of ketones is 1. The van der Waals surface area contributed by atoms with Crippen molar-refractivity contribution < 1.29 is 9.53 Å². The Hall–Kier alpha value is -4.78. The molecule has 10 heteroatoms. The van der Waals surface area contributed by atoms with E-state index < -0.39 is 0 Å². The van der Waals surface area contributed by atoms with Crippen LogP contribution in [-0.4, -0.2) is 37.6 Å². The van der Waals surface area contributed by atoms with Gasteiger partial charge in [0.1, 0.15) is 18.0 Å². The standard InChI is InChI=1S/C25H22N8O2/c1-33-14-29-25(32-33)17-4-3-5-19(24(17)35-2)30-20-11-22(28-13-18(20)23(34)16-6-7-16)31-21-10-15(12-26)8-9-27-21/h3-5,8-11,13-14,16H,6-7H2,1-2H3,(H2,27,28,30,31). The first kappa shape index (κ1) is 22.0. The Morgan fingerprint density at radius 1 is 1.11 bits per heavy atom. The molecule has 1 aliphatic rings. The number of aryl methyl sites for hydroxylation is 1. The molecule has 1 aliphatic carbocycles. The van der Waals surface area contributed by atoms with Crippen LogP contribution in [0.4, 0.5) is 23.0 Å². The van der Waals surface area contributed by atoms with Crippen LogP contribution in [0.15, 0.2) is 55.1 Å². The lowest BCUT2D eigenvalue weighted by Crippen LogP contribution is -2.09. The smallest absolute Gasteiger partial charge is 0.184 e. The Kier molecular flexibility index (Phi) is 5.81. The van der Waals surface area contributed by atoms with Gasteiger partial charge in [-0.25, -0.2) is 15.0 Å². The van der Waals surface area contributed by atoms with Crippen LogP contribution in [0, 0.1) is 17.2 Å². The van der Waals surface area contributed by atoms with E-state index in [1.165, 1.54) is 0 Å². The molecule has 1 saturated carbocycles. The van der Waals surface area contributed by atoms with Gasteiger partial charge in [-0.2, -0.15) is 10.4 Å². The van der Waals surface area contributed by atoms with Crippen molar-refractivity contribution in [2.75, 3.05) is 17.7 Å². The first-order valence-electron chi connectivity index (χ1n) is 11.0. The number of nitriles is 1. The van der Waals surface area contributed by atoms with Crippen molar-refractivity contribution in [2.24, 2.45) is 13.0 Å². The van der Waals surface area contributed by atoms with Gasteiger partial charge in [-0.1, -0.05) is 6.07 Å². The molecule has 174 valence electrons. The Morgan fingerprint density at radius 2 is 1.94 bits per heavy atom. The molecule has 3 aromatic heterocycles. The molecule has 5 rings (SSSR count). The topological polar surface area (TPSA) is 131 Å². The number of para-hydroxylation sites is 1. The predicted molar refractivity (Wildman–Crippen MR) is 130 cm³/mol. The zero-order chi connectivity index (χ0) is 24.4. The van der Waals surface area contributed by atoms with Gasteiger partial charge < -0.3 is 15.4 Å². The molecule has 1 fully saturated rings. The number of carbonyl (C=O) groups is 1. The summed E-state index contributed by atoms with van der Waals surface area (Å²) in [5.41, 5.74) is 2.94. The molecule has 2 N–H and O–H groups in total. The molecule has 0 bridgehead atoms. The Bertz CT molecular complexity index is 1450. The zero-order valence-electron chi connectivity index (χ0n) is 19.2. The van der Waals surface area contributed by atoms with Gasteiger partial charge in [0.25, 0.3) is 0 Å². The fraction of sp³-hybridized carbons (Fsp3) is 0.200. The fourth-order valence-electron chi connectivity index (χ4n) is 3.73. The normalized spacial score (nSPS) is 12.6. The van der Waals surface area contributed by atoms with Crippen LogP contribution in [0.2, 0.25) is 0 Å². The van der Waals surface area contributed by atoms with Crippen LogP contribution in [0.25, 0.3) is 11.4 Å². The molecule has 0 aliphatic heterocycles. The number of pyridine rings is 2. The van der Waals surface area contributed by atoms with E-state index >= 15 is 0 Å². The lowest BCUT2D eigenvalue weighted by atomic mass is 10.1. The van der Waals surface area contributed by atoms with Crippen molar-refractivity contribution in [3.63, 3.8) is 0 Å². The Balaban J connectivity index is 1.53. The molecule has 0 atom stereocenters. The van der Waals surface area contributed by atoms with Crippen molar-refractivity contribution >= 4 is 28.8 Å². The number of nitrogens with zero attached hydrogens (tertiary/aromatic N) is 6. The SMILES string of the molecule is COc1c(Nc2cc(Nc3cc(C#N)ccn3)ncc2C(=O)C2CC2)cccc1-c1ncn(C)n1. The van der Waals surface area contributed by atoms with Crippen LogP contribution < -0.4 is 15.4 Å². The van der Waals surface area contributed by atoms with Gasteiger partial charge in [0.15, 0.2) is 17.4 Å². The van der Waals surface area contributed by atoms with E-state index in [4.69, 9.17) is 10.00 Å². The van der Waals surface area contributed by atoms with E-state index in [0.717, 1.165) is 18.4 Å². The van der Waals surface area contributed by atoms with E-state index in [1.54, 1.807) is 55.8 Å². The van der Waals surface area contributed by atoms with E-state index in [9.17, 15) is 4.79 Å². The van der Waals surface area contributed by atoms with Crippen molar-refractivity contribution in [2.45, 2.75) is 12.8 Å². The summed E-state index contributed by atoms with van der Waals surface area (Å²) >= 11 is 0. The third kappa shape index (κ3) is 4.65. The third-order valence-corrected chi connectivity index (χ3v) is 5.59. The van der Waals surface area contributed by atoms with Crippen molar-refractivity contribution in [1.29, 1.82) is 5.26 Å². The summed E-state index contributed by atoms with van der Waals surface area (Å²) in [6.07, 6.45) is 6.50. The molecule has 1 aromatic carbocycles. The predicted octanol–water partition coefficient (Wildman–Crippen LogP) is 4.23. The van der Waals surface area contributed by atoms with Gasteiger partial charge in [-0.3, -0.25) is 9.48 Å². The van der Waals surface area contributed by atoms with Crippen LogP contribution in [0.1, 0.15) is 28.8 Å². The molecular weight excluding hydrogens is 444 g/mol. The summed E-state index contributed by atoms with van der Waals surface area (Å²) in [4.78, 5) is 26.0. The molecule has 0 unspecified atom stereocenters. The van der Waals surface area contributed by atoms with Gasteiger partial charge in [0.2, 0.25) is 0 Å². The molecule has 0 amide bonds. The summed E-state index contributed by atoms with van der Waals surface area (Å²) in [7, 11) is 3.38.